The normalized spacial score (nSPS) is 11.1. The number of fused-ring (bicyclic) bond motifs is 1. The van der Waals surface area contributed by atoms with Gasteiger partial charge in [0.1, 0.15) is 11.3 Å². The Kier molecular flexibility index (Phi) is 5.32. The van der Waals surface area contributed by atoms with E-state index in [0.717, 1.165) is 39.9 Å². The van der Waals surface area contributed by atoms with Gasteiger partial charge in [0, 0.05) is 17.3 Å². The molecule has 1 N–H and O–H groups in total. The molecule has 0 saturated carbocycles. The molecular weight excluding hydrogens is 432 g/mol. The number of para-hydroxylation sites is 1. The number of nitrogens with zero attached hydrogens (tertiary/aromatic N) is 2. The number of hydrogen-bond acceptors (Lipinski definition) is 4. The molecule has 6 rings (SSSR count). The van der Waals surface area contributed by atoms with Gasteiger partial charge in [-0.2, -0.15) is 0 Å². The van der Waals surface area contributed by atoms with Gasteiger partial charge < -0.3 is 9.52 Å². The first-order valence-electron chi connectivity index (χ1n) is 11.5. The molecule has 0 amide bonds. The summed E-state index contributed by atoms with van der Waals surface area (Å²) in [6.07, 6.45) is 2.57. The molecule has 0 aliphatic heterocycles. The van der Waals surface area contributed by atoms with E-state index in [1.165, 1.54) is 5.56 Å². The fraction of sp³-hybridized carbons (Fsp3) is 0.0323. The number of phenolic OH excluding ortho intramolecular Hbond substituents is 1. The highest BCUT2D eigenvalue weighted by Gasteiger charge is 2.19. The number of oxazole rings is 1. The third-order valence-corrected chi connectivity index (χ3v) is 6.13. The van der Waals surface area contributed by atoms with E-state index in [1.54, 1.807) is 18.3 Å². The predicted octanol–water partition coefficient (Wildman–Crippen LogP) is 7.52. The highest BCUT2D eigenvalue weighted by Crippen LogP contribution is 2.38. The summed E-state index contributed by atoms with van der Waals surface area (Å²) in [5, 5.41) is 10.4. The van der Waals surface area contributed by atoms with Crippen molar-refractivity contribution in [3.63, 3.8) is 0 Å². The summed E-state index contributed by atoms with van der Waals surface area (Å²) in [5.41, 5.74) is 8.42. The van der Waals surface area contributed by atoms with E-state index in [9.17, 15) is 5.11 Å². The molecule has 168 valence electrons. The van der Waals surface area contributed by atoms with Crippen LogP contribution in [0.5, 0.6) is 5.75 Å². The second-order valence-corrected chi connectivity index (χ2v) is 8.44. The first-order valence-corrected chi connectivity index (χ1v) is 11.5. The molecule has 0 unspecified atom stereocenters. The lowest BCUT2D eigenvalue weighted by atomic mass is 9.92. The van der Waals surface area contributed by atoms with Crippen LogP contribution in [0.25, 0.3) is 44.9 Å². The molecule has 4 heteroatoms. The van der Waals surface area contributed by atoms with Crippen LogP contribution < -0.4 is 0 Å². The first kappa shape index (κ1) is 20.9. The Bertz CT molecular complexity index is 1620. The topological polar surface area (TPSA) is 59.2 Å². The quantitative estimate of drug-likeness (QED) is 0.293. The third kappa shape index (κ3) is 4.06. The zero-order valence-corrected chi connectivity index (χ0v) is 18.9. The van der Waals surface area contributed by atoms with Crippen LogP contribution in [0.4, 0.5) is 0 Å². The molecule has 2 aromatic heterocycles. The van der Waals surface area contributed by atoms with Gasteiger partial charge in [0.25, 0.3) is 0 Å². The molecule has 0 spiro atoms. The summed E-state index contributed by atoms with van der Waals surface area (Å²) in [6, 6.07) is 35.9. The van der Waals surface area contributed by atoms with Crippen molar-refractivity contribution in [2.75, 3.05) is 0 Å². The van der Waals surface area contributed by atoms with E-state index in [4.69, 9.17) is 9.40 Å². The van der Waals surface area contributed by atoms with Gasteiger partial charge in [0.05, 0.1) is 11.3 Å². The number of phenols is 1. The Labute approximate surface area is 203 Å². The van der Waals surface area contributed by atoms with Gasteiger partial charge in [-0.05, 0) is 59.5 Å². The number of aromatic hydroxyl groups is 1. The van der Waals surface area contributed by atoms with Crippen LogP contribution >= 0.6 is 0 Å². The van der Waals surface area contributed by atoms with Crippen LogP contribution in [0.1, 0.15) is 11.1 Å². The maximum Gasteiger partial charge on any atom is 0.231 e. The van der Waals surface area contributed by atoms with Crippen LogP contribution in [0.15, 0.2) is 120 Å². The molecule has 0 bridgehead atoms. The average Bonchev–Trinajstić information content (AvgIpc) is 3.34. The highest BCUT2D eigenvalue weighted by atomic mass is 16.3. The number of benzene rings is 4. The Hall–Kier alpha value is -4.70. The van der Waals surface area contributed by atoms with Gasteiger partial charge >= 0.3 is 0 Å². The Morgan fingerprint density at radius 1 is 0.714 bits per heavy atom. The fourth-order valence-corrected chi connectivity index (χ4v) is 4.46. The van der Waals surface area contributed by atoms with Crippen molar-refractivity contribution in [2.24, 2.45) is 0 Å². The van der Waals surface area contributed by atoms with Crippen LogP contribution in [-0.4, -0.2) is 15.1 Å². The standard InChI is InChI=1S/C31H22N2O2/c34-27-15-5-4-13-25(27)31-33-30-28(35-31)17-16-24(19-21-9-2-1-3-10-21)29(30)23-12-8-11-22(20-23)26-14-6-7-18-32-26/h1-18,20,34H,19H2. The SMILES string of the molecule is Oc1ccccc1-c1nc2c(-c3cccc(-c4ccccn4)c3)c(Cc3ccccc3)ccc2o1. The number of aromatic nitrogens is 2. The molecule has 6 aromatic rings. The van der Waals surface area contributed by atoms with Crippen LogP contribution in [-0.2, 0) is 6.42 Å². The van der Waals surface area contributed by atoms with Crippen LogP contribution in [0, 0.1) is 0 Å². The van der Waals surface area contributed by atoms with Crippen molar-refractivity contribution in [3.8, 4) is 39.6 Å². The maximum atomic E-state index is 10.4. The molecule has 0 aliphatic rings. The van der Waals surface area contributed by atoms with Crippen molar-refractivity contribution < 1.29 is 9.52 Å². The van der Waals surface area contributed by atoms with Crippen molar-refractivity contribution in [2.45, 2.75) is 6.42 Å². The Morgan fingerprint density at radius 2 is 1.51 bits per heavy atom. The van der Waals surface area contributed by atoms with Crippen molar-refractivity contribution in [1.82, 2.24) is 9.97 Å². The molecule has 0 atom stereocenters. The monoisotopic (exact) mass is 454 g/mol. The van der Waals surface area contributed by atoms with E-state index in [2.05, 4.69) is 59.6 Å². The first-order chi connectivity index (χ1) is 17.3. The Morgan fingerprint density at radius 3 is 2.34 bits per heavy atom. The molecule has 35 heavy (non-hydrogen) atoms. The van der Waals surface area contributed by atoms with E-state index in [1.807, 2.05) is 42.5 Å². The third-order valence-electron chi connectivity index (χ3n) is 6.13. The van der Waals surface area contributed by atoms with Crippen LogP contribution in [0.3, 0.4) is 0 Å². The summed E-state index contributed by atoms with van der Waals surface area (Å²) in [4.78, 5) is 9.41. The summed E-state index contributed by atoms with van der Waals surface area (Å²) in [5.74, 6) is 0.541. The lowest BCUT2D eigenvalue weighted by Crippen LogP contribution is -1.94. The number of rotatable bonds is 5. The second kappa shape index (κ2) is 8.92. The zero-order valence-electron chi connectivity index (χ0n) is 18.9. The lowest BCUT2D eigenvalue weighted by molar-refractivity contribution is 0.474. The van der Waals surface area contributed by atoms with E-state index < -0.39 is 0 Å². The highest BCUT2D eigenvalue weighted by molar-refractivity contribution is 5.95. The van der Waals surface area contributed by atoms with Crippen molar-refractivity contribution in [3.05, 3.63) is 127 Å². The average molecular weight is 455 g/mol. The summed E-state index contributed by atoms with van der Waals surface area (Å²) in [6.45, 7) is 0. The minimum Gasteiger partial charge on any atom is -0.507 e. The van der Waals surface area contributed by atoms with E-state index in [-0.39, 0.29) is 5.75 Å². The minimum absolute atomic E-state index is 0.141. The molecule has 2 heterocycles. The predicted molar refractivity (Wildman–Crippen MR) is 139 cm³/mol. The molecule has 0 saturated heterocycles. The van der Waals surface area contributed by atoms with Crippen molar-refractivity contribution >= 4 is 11.1 Å². The molecule has 4 nitrogen and oxygen atoms in total. The molecule has 4 aromatic carbocycles. The minimum atomic E-state index is 0.141. The number of hydrogen-bond donors (Lipinski definition) is 1. The van der Waals surface area contributed by atoms with E-state index >= 15 is 0 Å². The Balaban J connectivity index is 1.56. The summed E-state index contributed by atoms with van der Waals surface area (Å²) < 4.78 is 6.13. The maximum absolute atomic E-state index is 10.4. The smallest absolute Gasteiger partial charge is 0.231 e. The molecule has 0 radical (unpaired) electrons. The van der Waals surface area contributed by atoms with Crippen LogP contribution in [0.2, 0.25) is 0 Å². The van der Waals surface area contributed by atoms with Gasteiger partial charge in [0.2, 0.25) is 5.89 Å². The zero-order chi connectivity index (χ0) is 23.6. The fourth-order valence-electron chi connectivity index (χ4n) is 4.46. The summed E-state index contributed by atoms with van der Waals surface area (Å²) in [7, 11) is 0. The van der Waals surface area contributed by atoms with Gasteiger partial charge in [-0.15, -0.1) is 0 Å². The molecule has 0 aliphatic carbocycles. The van der Waals surface area contributed by atoms with Gasteiger partial charge in [0.15, 0.2) is 5.58 Å². The molecular formula is C31H22N2O2. The molecule has 0 fully saturated rings. The van der Waals surface area contributed by atoms with Crippen molar-refractivity contribution in [1.29, 1.82) is 0 Å². The van der Waals surface area contributed by atoms with E-state index in [0.29, 0.717) is 17.0 Å². The summed E-state index contributed by atoms with van der Waals surface area (Å²) >= 11 is 0. The largest absolute Gasteiger partial charge is 0.507 e. The van der Waals surface area contributed by atoms with Gasteiger partial charge in [-0.1, -0.05) is 72.8 Å². The van der Waals surface area contributed by atoms with Gasteiger partial charge in [-0.3, -0.25) is 4.98 Å². The second-order valence-electron chi connectivity index (χ2n) is 8.44. The lowest BCUT2D eigenvalue weighted by Gasteiger charge is -2.12. The van der Waals surface area contributed by atoms with Gasteiger partial charge in [-0.25, -0.2) is 4.98 Å². The number of pyridine rings is 1.